The Bertz CT molecular complexity index is 2010. The van der Waals surface area contributed by atoms with Gasteiger partial charge >= 0.3 is 6.18 Å². The number of nitrogens with one attached hydrogen (secondary N) is 1. The van der Waals surface area contributed by atoms with Crippen LogP contribution in [0.4, 0.5) is 33.6 Å². The predicted molar refractivity (Wildman–Crippen MR) is 146 cm³/mol. The Morgan fingerprint density at radius 3 is 2.21 bits per heavy atom. The van der Waals surface area contributed by atoms with Gasteiger partial charge in [-0.1, -0.05) is 12.1 Å². The van der Waals surface area contributed by atoms with Crippen molar-refractivity contribution < 1.29 is 35.1 Å². The first kappa shape index (κ1) is 28.5. The number of methoxy groups -OCH3 is 1. The van der Waals surface area contributed by atoms with Crippen LogP contribution in [0, 0.1) is 11.6 Å². The van der Waals surface area contributed by atoms with Crippen molar-refractivity contribution in [2.24, 2.45) is 0 Å². The summed E-state index contributed by atoms with van der Waals surface area (Å²) in [7, 11) is -3.21. The smallest absolute Gasteiger partial charge is 0.416 e. The maximum atomic E-state index is 14.2. The second-order valence-corrected chi connectivity index (χ2v) is 10.6. The average molecular weight is 603 g/mol. The van der Waals surface area contributed by atoms with E-state index in [1.54, 1.807) is 6.07 Å². The van der Waals surface area contributed by atoms with Crippen LogP contribution in [-0.4, -0.2) is 25.1 Å². The maximum absolute atomic E-state index is 14.2. The number of hydrogen-bond donors (Lipinski definition) is 2. The van der Waals surface area contributed by atoms with Crippen molar-refractivity contribution in [3.8, 4) is 22.6 Å². The zero-order valence-corrected chi connectivity index (χ0v) is 22.2. The molecule has 0 fully saturated rings. The predicted octanol–water partition coefficient (Wildman–Crippen LogP) is 5.74. The third-order valence-electron chi connectivity index (χ3n) is 6.31. The number of anilines is 2. The molecular formula is C28H19F5N4O4S. The number of fused-ring (bicyclic) bond motifs is 1. The second kappa shape index (κ2) is 10.4. The Balaban J connectivity index is 1.59. The molecule has 1 aromatic heterocycles. The summed E-state index contributed by atoms with van der Waals surface area (Å²) in [6, 6.07) is 14.7. The van der Waals surface area contributed by atoms with Crippen LogP contribution in [0.2, 0.25) is 0 Å². The summed E-state index contributed by atoms with van der Waals surface area (Å²) in [5.41, 5.74) is 4.84. The van der Waals surface area contributed by atoms with Gasteiger partial charge in [0.2, 0.25) is 5.95 Å². The molecule has 0 bridgehead atoms. The highest BCUT2D eigenvalue weighted by molar-refractivity contribution is 7.92. The summed E-state index contributed by atoms with van der Waals surface area (Å²) in [6.07, 6.45) is -4.57. The van der Waals surface area contributed by atoms with E-state index in [1.165, 1.54) is 37.4 Å². The van der Waals surface area contributed by atoms with Crippen LogP contribution >= 0.6 is 0 Å². The van der Waals surface area contributed by atoms with Gasteiger partial charge in [0.15, 0.2) is 0 Å². The normalized spacial score (nSPS) is 12.0. The Morgan fingerprint density at radius 1 is 0.905 bits per heavy atom. The number of nitrogens with zero attached hydrogens (tertiary/aromatic N) is 2. The van der Waals surface area contributed by atoms with Gasteiger partial charge in [0.25, 0.3) is 15.6 Å². The summed E-state index contributed by atoms with van der Waals surface area (Å²) < 4.78 is 101. The number of halogens is 5. The lowest BCUT2D eigenvalue weighted by Crippen LogP contribution is -2.23. The minimum atomic E-state index is -4.57. The van der Waals surface area contributed by atoms with Gasteiger partial charge in [0, 0.05) is 6.07 Å². The van der Waals surface area contributed by atoms with Crippen molar-refractivity contribution >= 4 is 32.6 Å². The summed E-state index contributed by atoms with van der Waals surface area (Å²) in [6.45, 7) is 0. The molecule has 14 heteroatoms. The highest BCUT2D eigenvalue weighted by Crippen LogP contribution is 2.33. The van der Waals surface area contributed by atoms with Crippen LogP contribution in [0.15, 0.2) is 88.6 Å². The van der Waals surface area contributed by atoms with E-state index in [0.717, 1.165) is 41.0 Å². The molecule has 0 saturated heterocycles. The van der Waals surface area contributed by atoms with Crippen LogP contribution in [0.25, 0.3) is 27.7 Å². The number of ether oxygens (including phenoxy) is 1. The third-order valence-corrected chi connectivity index (χ3v) is 7.70. The molecule has 8 nitrogen and oxygen atoms in total. The van der Waals surface area contributed by atoms with Gasteiger partial charge in [-0.25, -0.2) is 26.7 Å². The Morgan fingerprint density at radius 2 is 1.57 bits per heavy atom. The molecular weight excluding hydrogens is 583 g/mol. The summed E-state index contributed by atoms with van der Waals surface area (Å²) in [5, 5.41) is 0.0494. The van der Waals surface area contributed by atoms with Gasteiger partial charge in [-0.3, -0.25) is 9.52 Å². The van der Waals surface area contributed by atoms with E-state index in [1.807, 2.05) is 0 Å². The fourth-order valence-electron chi connectivity index (χ4n) is 4.27. The van der Waals surface area contributed by atoms with Crippen LogP contribution in [-0.2, 0) is 16.2 Å². The maximum Gasteiger partial charge on any atom is 0.416 e. The lowest BCUT2D eigenvalue weighted by molar-refractivity contribution is -0.137. The van der Waals surface area contributed by atoms with E-state index < -0.39 is 44.6 Å². The molecule has 42 heavy (non-hydrogen) atoms. The fraction of sp³-hybridized carbons (Fsp3) is 0.0714. The highest BCUT2D eigenvalue weighted by atomic mass is 32.2. The number of benzene rings is 4. The minimum Gasteiger partial charge on any atom is -0.495 e. The molecule has 0 radical (unpaired) electrons. The molecule has 0 aliphatic heterocycles. The summed E-state index contributed by atoms with van der Waals surface area (Å²) in [5.74, 6) is -2.34. The van der Waals surface area contributed by atoms with E-state index in [2.05, 4.69) is 9.71 Å². The van der Waals surface area contributed by atoms with Crippen LogP contribution < -0.4 is 20.8 Å². The molecule has 0 amide bonds. The molecule has 1 heterocycles. The zero-order chi connectivity index (χ0) is 30.4. The standard InChI is InChI=1S/C28H19F5N4O4S/c1-41-24-11-3-16(13-25(24)42(39,40)36-23-10-6-18(29)14-21(23)30)15-2-9-22-20(12-15)26(38)37(27(34)35-22)19-7-4-17(5-8-19)28(31,32)33/h2-14,36H,1H3,(H2,34,35). The van der Waals surface area contributed by atoms with Gasteiger partial charge in [0.05, 0.1) is 35.0 Å². The van der Waals surface area contributed by atoms with E-state index >= 15 is 0 Å². The van der Waals surface area contributed by atoms with Crippen LogP contribution in [0.5, 0.6) is 5.75 Å². The fourth-order valence-corrected chi connectivity index (χ4v) is 5.53. The lowest BCUT2D eigenvalue weighted by atomic mass is 10.0. The average Bonchev–Trinajstić information content (AvgIpc) is 2.94. The van der Waals surface area contributed by atoms with Crippen molar-refractivity contribution in [3.05, 3.63) is 106 Å². The minimum absolute atomic E-state index is 0.0494. The van der Waals surface area contributed by atoms with Gasteiger partial charge < -0.3 is 10.5 Å². The van der Waals surface area contributed by atoms with Gasteiger partial charge in [0.1, 0.15) is 22.3 Å². The molecule has 4 aromatic carbocycles. The topological polar surface area (TPSA) is 116 Å². The molecule has 3 N–H and O–H groups in total. The Labute approximate surface area is 234 Å². The SMILES string of the molecule is COc1ccc(-c2ccc3nc(N)n(-c4ccc(C(F)(F)F)cc4)c(=O)c3c2)cc1S(=O)(=O)Nc1ccc(F)cc1F. The number of aromatic nitrogens is 2. The van der Waals surface area contributed by atoms with Crippen molar-refractivity contribution in [2.45, 2.75) is 11.1 Å². The number of nitrogen functional groups attached to an aromatic ring is 1. The van der Waals surface area contributed by atoms with Crippen molar-refractivity contribution in [3.63, 3.8) is 0 Å². The van der Waals surface area contributed by atoms with E-state index in [4.69, 9.17) is 10.5 Å². The molecule has 216 valence electrons. The van der Waals surface area contributed by atoms with E-state index in [9.17, 15) is 35.2 Å². The Kier molecular flexibility index (Phi) is 7.10. The summed E-state index contributed by atoms with van der Waals surface area (Å²) in [4.78, 5) is 17.3. The van der Waals surface area contributed by atoms with Crippen LogP contribution in [0.1, 0.15) is 5.56 Å². The van der Waals surface area contributed by atoms with E-state index in [-0.39, 0.29) is 33.2 Å². The monoisotopic (exact) mass is 602 g/mol. The van der Waals surface area contributed by atoms with Crippen LogP contribution in [0.3, 0.4) is 0 Å². The zero-order valence-electron chi connectivity index (χ0n) is 21.4. The third kappa shape index (κ3) is 5.35. The first-order valence-corrected chi connectivity index (χ1v) is 13.4. The Hall–Kier alpha value is -4.98. The van der Waals surface area contributed by atoms with E-state index in [0.29, 0.717) is 17.2 Å². The van der Waals surface area contributed by atoms with Gasteiger partial charge in [-0.15, -0.1) is 0 Å². The number of sulfonamides is 1. The first-order valence-electron chi connectivity index (χ1n) is 11.9. The molecule has 0 unspecified atom stereocenters. The number of nitrogens with two attached hydrogens (primary N) is 1. The molecule has 5 rings (SSSR count). The molecule has 0 spiro atoms. The number of alkyl halides is 3. The molecule has 0 aliphatic carbocycles. The lowest BCUT2D eigenvalue weighted by Gasteiger charge is -2.15. The molecule has 0 atom stereocenters. The van der Waals surface area contributed by atoms with Gasteiger partial charge in [-0.05, 0) is 71.8 Å². The second-order valence-electron chi connectivity index (χ2n) is 8.98. The molecule has 0 saturated carbocycles. The largest absolute Gasteiger partial charge is 0.495 e. The first-order chi connectivity index (χ1) is 19.8. The van der Waals surface area contributed by atoms with Crippen molar-refractivity contribution in [2.75, 3.05) is 17.6 Å². The molecule has 0 aliphatic rings. The number of rotatable bonds is 6. The summed E-state index contributed by atoms with van der Waals surface area (Å²) >= 11 is 0. The molecule has 5 aromatic rings. The van der Waals surface area contributed by atoms with Crippen molar-refractivity contribution in [1.29, 1.82) is 0 Å². The quantitative estimate of drug-likeness (QED) is 0.240. The number of hydrogen-bond acceptors (Lipinski definition) is 6. The van der Waals surface area contributed by atoms with Crippen molar-refractivity contribution in [1.82, 2.24) is 9.55 Å². The highest BCUT2D eigenvalue weighted by Gasteiger charge is 2.30. The van der Waals surface area contributed by atoms with Gasteiger partial charge in [-0.2, -0.15) is 13.2 Å².